The number of carbonyl (C=O) groups excluding carboxylic acids is 1. The normalized spacial score (nSPS) is 21.4. The fraction of sp³-hybridized carbons (Fsp3) is 0.316. The van der Waals surface area contributed by atoms with E-state index in [-0.39, 0.29) is 17.1 Å². The molecule has 0 saturated carbocycles. The van der Waals surface area contributed by atoms with Gasteiger partial charge in [0.1, 0.15) is 0 Å². The summed E-state index contributed by atoms with van der Waals surface area (Å²) < 4.78 is 10.9. The minimum absolute atomic E-state index is 0.155. The van der Waals surface area contributed by atoms with E-state index in [1.165, 1.54) is 6.20 Å². The summed E-state index contributed by atoms with van der Waals surface area (Å²) in [7, 11) is 0. The minimum Gasteiger partial charge on any atom is -0.376 e. The number of amides is 1. The van der Waals surface area contributed by atoms with Crippen LogP contribution >= 0.6 is 0 Å². The van der Waals surface area contributed by atoms with Crippen molar-refractivity contribution in [3.63, 3.8) is 0 Å². The van der Waals surface area contributed by atoms with E-state index in [0.717, 1.165) is 23.2 Å². The molecule has 1 spiro atoms. The highest BCUT2D eigenvalue weighted by Gasteiger charge is 2.46. The highest BCUT2D eigenvalue weighted by Crippen LogP contribution is 2.39. The summed E-state index contributed by atoms with van der Waals surface area (Å²) in [5.41, 5.74) is 2.48. The molecule has 0 aromatic carbocycles. The predicted octanol–water partition coefficient (Wildman–Crippen LogP) is 1.84. The van der Waals surface area contributed by atoms with Crippen LogP contribution in [0.25, 0.3) is 11.4 Å². The molecule has 8 heteroatoms. The van der Waals surface area contributed by atoms with Gasteiger partial charge in [-0.25, -0.2) is 9.97 Å². The molecule has 1 fully saturated rings. The van der Waals surface area contributed by atoms with Crippen molar-refractivity contribution in [2.75, 3.05) is 19.7 Å². The fourth-order valence-corrected chi connectivity index (χ4v) is 3.87. The summed E-state index contributed by atoms with van der Waals surface area (Å²) in [6.45, 7) is 2.17. The maximum Gasteiger partial charge on any atom is 0.292 e. The number of hydrogen-bond acceptors (Lipinski definition) is 7. The van der Waals surface area contributed by atoms with Gasteiger partial charge in [-0.05, 0) is 18.6 Å². The molecule has 27 heavy (non-hydrogen) atoms. The first-order valence-electron chi connectivity index (χ1n) is 8.80. The quantitative estimate of drug-likeness (QED) is 0.686. The molecule has 1 atom stereocenters. The van der Waals surface area contributed by atoms with E-state index in [2.05, 4.69) is 15.1 Å². The molecular weight excluding hydrogens is 346 g/mol. The Morgan fingerprint density at radius 3 is 3.00 bits per heavy atom. The molecule has 0 aliphatic carbocycles. The number of likely N-dealkylation sites (tertiary alicyclic amines) is 1. The van der Waals surface area contributed by atoms with Crippen LogP contribution in [-0.2, 0) is 16.8 Å². The van der Waals surface area contributed by atoms with Crippen molar-refractivity contribution in [3.05, 3.63) is 60.0 Å². The van der Waals surface area contributed by atoms with Crippen molar-refractivity contribution in [2.24, 2.45) is 0 Å². The van der Waals surface area contributed by atoms with Crippen molar-refractivity contribution in [1.29, 1.82) is 0 Å². The smallest absolute Gasteiger partial charge is 0.292 e. The van der Waals surface area contributed by atoms with Gasteiger partial charge in [0.25, 0.3) is 5.91 Å². The standard InChI is InChI=1S/C19H17N5O3/c25-18(15-3-6-22-27-15)24-7-4-19(11-24)12-26-10-14-9-21-17(23-16(14)19)13-2-1-5-20-8-13/h1-3,5-6,8-9H,4,7,10-12H2. The topological polar surface area (TPSA) is 94.2 Å². The Morgan fingerprint density at radius 2 is 2.19 bits per heavy atom. The van der Waals surface area contributed by atoms with Gasteiger partial charge in [0.15, 0.2) is 5.82 Å². The van der Waals surface area contributed by atoms with Crippen LogP contribution in [-0.4, -0.2) is 50.6 Å². The van der Waals surface area contributed by atoms with Gasteiger partial charge in [0.2, 0.25) is 5.76 Å². The van der Waals surface area contributed by atoms with Crippen LogP contribution in [0.2, 0.25) is 0 Å². The van der Waals surface area contributed by atoms with E-state index in [9.17, 15) is 4.79 Å². The zero-order valence-corrected chi connectivity index (χ0v) is 14.5. The van der Waals surface area contributed by atoms with Gasteiger partial charge in [0, 0.05) is 48.9 Å². The molecule has 1 saturated heterocycles. The Morgan fingerprint density at radius 1 is 1.22 bits per heavy atom. The molecule has 0 bridgehead atoms. The maximum absolute atomic E-state index is 12.6. The van der Waals surface area contributed by atoms with Crippen molar-refractivity contribution < 1.29 is 14.1 Å². The van der Waals surface area contributed by atoms with Crippen molar-refractivity contribution in [3.8, 4) is 11.4 Å². The van der Waals surface area contributed by atoms with Gasteiger partial charge < -0.3 is 14.2 Å². The largest absolute Gasteiger partial charge is 0.376 e. The zero-order chi connectivity index (χ0) is 18.3. The van der Waals surface area contributed by atoms with Crippen molar-refractivity contribution in [1.82, 2.24) is 25.0 Å². The molecule has 2 aliphatic rings. The molecule has 1 unspecified atom stereocenters. The summed E-state index contributed by atoms with van der Waals surface area (Å²) in [5, 5.41) is 3.63. The van der Waals surface area contributed by atoms with Crippen molar-refractivity contribution >= 4 is 5.91 Å². The van der Waals surface area contributed by atoms with Gasteiger partial charge in [-0.3, -0.25) is 9.78 Å². The lowest BCUT2D eigenvalue weighted by Crippen LogP contribution is -2.41. The van der Waals surface area contributed by atoms with Crippen LogP contribution in [0.3, 0.4) is 0 Å². The molecule has 136 valence electrons. The molecule has 1 amide bonds. The first-order chi connectivity index (χ1) is 13.3. The van der Waals surface area contributed by atoms with E-state index in [1.54, 1.807) is 23.4 Å². The Kier molecular flexibility index (Phi) is 3.71. The molecule has 3 aromatic rings. The van der Waals surface area contributed by atoms with Crippen LogP contribution in [0.4, 0.5) is 0 Å². The van der Waals surface area contributed by atoms with Crippen LogP contribution in [0, 0.1) is 0 Å². The molecule has 0 radical (unpaired) electrons. The second-order valence-electron chi connectivity index (χ2n) is 6.94. The van der Waals surface area contributed by atoms with Gasteiger partial charge in [-0.2, -0.15) is 0 Å². The van der Waals surface area contributed by atoms with Crippen LogP contribution in [0.5, 0.6) is 0 Å². The van der Waals surface area contributed by atoms with Gasteiger partial charge in [-0.15, -0.1) is 0 Å². The third kappa shape index (κ3) is 2.69. The maximum atomic E-state index is 12.6. The monoisotopic (exact) mass is 363 g/mol. The van der Waals surface area contributed by atoms with Crippen LogP contribution in [0.15, 0.2) is 47.5 Å². The third-order valence-electron chi connectivity index (χ3n) is 5.21. The number of nitrogens with zero attached hydrogens (tertiary/aromatic N) is 5. The SMILES string of the molecule is O=C(c1ccno1)N1CCC2(COCc3cnc(-c4cccnc4)nc32)C1. The van der Waals surface area contributed by atoms with Gasteiger partial charge in [-0.1, -0.05) is 5.16 Å². The average Bonchev–Trinajstić information content (AvgIpc) is 3.39. The lowest BCUT2D eigenvalue weighted by atomic mass is 9.80. The summed E-state index contributed by atoms with van der Waals surface area (Å²) in [6, 6.07) is 5.39. The average molecular weight is 363 g/mol. The number of pyridine rings is 1. The first-order valence-corrected chi connectivity index (χ1v) is 8.80. The lowest BCUT2D eigenvalue weighted by Gasteiger charge is -2.34. The van der Waals surface area contributed by atoms with E-state index in [0.29, 0.717) is 32.1 Å². The predicted molar refractivity (Wildman–Crippen MR) is 93.6 cm³/mol. The van der Waals surface area contributed by atoms with Crippen LogP contribution < -0.4 is 0 Å². The summed E-state index contributed by atoms with van der Waals surface area (Å²) >= 11 is 0. The Labute approximate surface area is 155 Å². The molecule has 3 aromatic heterocycles. The molecule has 5 rings (SSSR count). The van der Waals surface area contributed by atoms with E-state index < -0.39 is 0 Å². The number of ether oxygens (including phenoxy) is 1. The van der Waals surface area contributed by atoms with E-state index in [4.69, 9.17) is 14.2 Å². The zero-order valence-electron chi connectivity index (χ0n) is 14.5. The van der Waals surface area contributed by atoms with Crippen LogP contribution in [0.1, 0.15) is 28.2 Å². The Hall–Kier alpha value is -3.13. The van der Waals surface area contributed by atoms with E-state index >= 15 is 0 Å². The van der Waals surface area contributed by atoms with Gasteiger partial charge in [0.05, 0.1) is 30.5 Å². The molecular formula is C19H17N5O3. The number of hydrogen-bond donors (Lipinski definition) is 0. The second kappa shape index (κ2) is 6.24. The molecule has 2 aliphatic heterocycles. The highest BCUT2D eigenvalue weighted by atomic mass is 16.5. The molecule has 0 N–H and O–H groups in total. The third-order valence-corrected chi connectivity index (χ3v) is 5.21. The minimum atomic E-state index is -0.330. The van der Waals surface area contributed by atoms with Gasteiger partial charge >= 0.3 is 0 Å². The number of aromatic nitrogens is 4. The highest BCUT2D eigenvalue weighted by molar-refractivity contribution is 5.91. The molecule has 5 heterocycles. The second-order valence-corrected chi connectivity index (χ2v) is 6.94. The van der Waals surface area contributed by atoms with Crippen molar-refractivity contribution in [2.45, 2.75) is 18.4 Å². The Bertz CT molecular complexity index is 976. The summed E-state index contributed by atoms with van der Waals surface area (Å²) in [4.78, 5) is 27.9. The number of fused-ring (bicyclic) bond motifs is 2. The summed E-state index contributed by atoms with van der Waals surface area (Å²) in [6.07, 6.45) is 7.56. The van der Waals surface area contributed by atoms with E-state index in [1.807, 2.05) is 18.3 Å². The lowest BCUT2D eigenvalue weighted by molar-refractivity contribution is 0.0477. The number of rotatable bonds is 2. The Balaban J connectivity index is 1.50. The summed E-state index contributed by atoms with van der Waals surface area (Å²) in [5.74, 6) is 0.740. The fourth-order valence-electron chi connectivity index (χ4n) is 3.87. The molecule has 8 nitrogen and oxygen atoms in total. The number of carbonyl (C=O) groups is 1. The first kappa shape index (κ1) is 16.1.